The molecule has 0 radical (unpaired) electrons. The number of fused-ring (bicyclic) bond motifs is 1. The monoisotopic (exact) mass is 372 g/mol. The number of halogens is 5. The molecule has 0 spiro atoms. The predicted octanol–water partition coefficient (Wildman–Crippen LogP) is 3.55. The molecular weight excluding hydrogens is 355 g/mol. The summed E-state index contributed by atoms with van der Waals surface area (Å²) < 4.78 is 70.0. The SMILES string of the molecule is CC1CNCC(C)c2cc(-c3c(F)c(F)c(F)c(F)c3F)cc(=O)n2C1. The Morgan fingerprint density at radius 2 is 1.50 bits per heavy atom. The molecular formula is C18H17F5N2O. The summed E-state index contributed by atoms with van der Waals surface area (Å²) in [7, 11) is 0. The number of hydrogen-bond acceptors (Lipinski definition) is 2. The smallest absolute Gasteiger partial charge is 0.251 e. The van der Waals surface area contributed by atoms with Crippen molar-refractivity contribution in [3.8, 4) is 11.1 Å². The van der Waals surface area contributed by atoms with Crippen molar-refractivity contribution >= 4 is 0 Å². The molecule has 0 fully saturated rings. The molecule has 8 heteroatoms. The van der Waals surface area contributed by atoms with Crippen molar-refractivity contribution in [2.24, 2.45) is 5.92 Å². The standard InChI is InChI=1S/C18H17F5N2O/c1-8-5-24-6-9(2)11-3-10(4-12(26)25(11)7-8)13-14(19)16(21)18(23)17(22)15(13)20/h3-4,8-9,24H,5-7H2,1-2H3. The number of nitrogens with one attached hydrogen (secondary N) is 1. The molecule has 0 saturated carbocycles. The molecule has 1 N–H and O–H groups in total. The zero-order chi connectivity index (χ0) is 19.2. The minimum atomic E-state index is -2.22. The van der Waals surface area contributed by atoms with Gasteiger partial charge >= 0.3 is 0 Å². The van der Waals surface area contributed by atoms with Crippen molar-refractivity contribution in [3.05, 3.63) is 57.3 Å². The summed E-state index contributed by atoms with van der Waals surface area (Å²) in [6, 6.07) is 2.24. The molecule has 1 aliphatic rings. The number of hydrogen-bond donors (Lipinski definition) is 1. The fraction of sp³-hybridized carbons (Fsp3) is 0.389. The largest absolute Gasteiger partial charge is 0.316 e. The molecule has 26 heavy (non-hydrogen) atoms. The van der Waals surface area contributed by atoms with Gasteiger partial charge in [0, 0.05) is 30.8 Å². The van der Waals surface area contributed by atoms with Crippen LogP contribution in [0.2, 0.25) is 0 Å². The molecule has 0 amide bonds. The minimum absolute atomic E-state index is 0.138. The van der Waals surface area contributed by atoms with Crippen LogP contribution >= 0.6 is 0 Å². The molecule has 3 nitrogen and oxygen atoms in total. The maximum atomic E-state index is 14.1. The lowest BCUT2D eigenvalue weighted by Gasteiger charge is -2.26. The molecule has 2 aromatic rings. The van der Waals surface area contributed by atoms with E-state index in [1.54, 1.807) is 0 Å². The van der Waals surface area contributed by atoms with Gasteiger partial charge in [-0.25, -0.2) is 22.0 Å². The third kappa shape index (κ3) is 3.02. The van der Waals surface area contributed by atoms with Crippen LogP contribution in [0.3, 0.4) is 0 Å². The Bertz CT molecular complexity index is 896. The van der Waals surface area contributed by atoms with E-state index in [9.17, 15) is 26.7 Å². The molecule has 2 heterocycles. The van der Waals surface area contributed by atoms with E-state index in [1.165, 1.54) is 10.6 Å². The number of benzene rings is 1. The van der Waals surface area contributed by atoms with Gasteiger partial charge in [-0.05, 0) is 24.1 Å². The number of aromatic nitrogens is 1. The van der Waals surface area contributed by atoms with Crippen LogP contribution in [0.4, 0.5) is 22.0 Å². The molecule has 140 valence electrons. The van der Waals surface area contributed by atoms with Gasteiger partial charge < -0.3 is 9.88 Å². The molecule has 2 atom stereocenters. The van der Waals surface area contributed by atoms with Crippen molar-refractivity contribution in [1.29, 1.82) is 0 Å². The van der Waals surface area contributed by atoms with E-state index in [-0.39, 0.29) is 17.4 Å². The molecule has 1 aliphatic heterocycles. The van der Waals surface area contributed by atoms with Gasteiger partial charge in [0.25, 0.3) is 5.56 Å². The van der Waals surface area contributed by atoms with Crippen LogP contribution in [0, 0.1) is 35.0 Å². The average Bonchev–Trinajstić information content (AvgIpc) is 2.59. The number of pyridine rings is 1. The zero-order valence-electron chi connectivity index (χ0n) is 14.2. The van der Waals surface area contributed by atoms with Gasteiger partial charge in [0.1, 0.15) is 0 Å². The minimum Gasteiger partial charge on any atom is -0.316 e. The Morgan fingerprint density at radius 3 is 2.12 bits per heavy atom. The molecule has 0 bridgehead atoms. The second kappa shape index (κ2) is 6.83. The normalized spacial score (nSPS) is 20.4. The topological polar surface area (TPSA) is 34.0 Å². The lowest BCUT2D eigenvalue weighted by molar-refractivity contribution is 0.380. The average molecular weight is 372 g/mol. The van der Waals surface area contributed by atoms with Gasteiger partial charge in [-0.1, -0.05) is 13.8 Å². The summed E-state index contributed by atoms with van der Waals surface area (Å²) in [4.78, 5) is 12.5. The zero-order valence-corrected chi connectivity index (χ0v) is 14.2. The Hall–Kier alpha value is -2.22. The third-order valence-corrected chi connectivity index (χ3v) is 4.60. The summed E-state index contributed by atoms with van der Waals surface area (Å²) in [5, 5.41) is 3.22. The highest BCUT2D eigenvalue weighted by Gasteiger charge is 2.28. The Morgan fingerprint density at radius 1 is 0.923 bits per heavy atom. The van der Waals surface area contributed by atoms with Gasteiger partial charge in [0.15, 0.2) is 23.3 Å². The second-order valence-corrected chi connectivity index (χ2v) is 6.73. The number of nitrogens with zero attached hydrogens (tertiary/aromatic N) is 1. The second-order valence-electron chi connectivity index (χ2n) is 6.73. The van der Waals surface area contributed by atoms with Crippen molar-refractivity contribution < 1.29 is 22.0 Å². The van der Waals surface area contributed by atoms with E-state index in [0.717, 1.165) is 6.07 Å². The van der Waals surface area contributed by atoms with E-state index in [2.05, 4.69) is 5.32 Å². The van der Waals surface area contributed by atoms with Gasteiger partial charge in [0.2, 0.25) is 5.82 Å². The molecule has 3 rings (SSSR count). The first-order valence-corrected chi connectivity index (χ1v) is 8.19. The first-order valence-electron chi connectivity index (χ1n) is 8.19. The van der Waals surface area contributed by atoms with Gasteiger partial charge in [0.05, 0.1) is 5.56 Å². The maximum Gasteiger partial charge on any atom is 0.251 e. The first kappa shape index (κ1) is 18.6. The fourth-order valence-electron chi connectivity index (χ4n) is 3.25. The van der Waals surface area contributed by atoms with Crippen molar-refractivity contribution in [2.45, 2.75) is 26.3 Å². The van der Waals surface area contributed by atoms with E-state index in [4.69, 9.17) is 0 Å². The molecule has 2 unspecified atom stereocenters. The lowest BCUT2D eigenvalue weighted by Crippen LogP contribution is -2.36. The van der Waals surface area contributed by atoms with Gasteiger partial charge in [-0.15, -0.1) is 0 Å². The van der Waals surface area contributed by atoms with Gasteiger partial charge in [-0.2, -0.15) is 0 Å². The third-order valence-electron chi connectivity index (χ3n) is 4.60. The summed E-state index contributed by atoms with van der Waals surface area (Å²) in [6.45, 7) is 5.37. The molecule has 1 aromatic carbocycles. The highest BCUT2D eigenvalue weighted by Crippen LogP contribution is 2.32. The van der Waals surface area contributed by atoms with Crippen LogP contribution in [-0.4, -0.2) is 17.7 Å². The fourth-order valence-corrected chi connectivity index (χ4v) is 3.25. The van der Waals surface area contributed by atoms with Crippen molar-refractivity contribution in [3.63, 3.8) is 0 Å². The van der Waals surface area contributed by atoms with E-state index in [0.29, 0.717) is 25.3 Å². The maximum absolute atomic E-state index is 14.1. The van der Waals surface area contributed by atoms with E-state index < -0.39 is 40.2 Å². The summed E-state index contributed by atoms with van der Waals surface area (Å²) in [5.74, 6) is -10.2. The van der Waals surface area contributed by atoms with Crippen LogP contribution < -0.4 is 10.9 Å². The predicted molar refractivity (Wildman–Crippen MR) is 86.4 cm³/mol. The van der Waals surface area contributed by atoms with Crippen molar-refractivity contribution in [1.82, 2.24) is 9.88 Å². The Kier molecular flexibility index (Phi) is 4.88. The summed E-state index contributed by atoms with van der Waals surface area (Å²) >= 11 is 0. The number of rotatable bonds is 1. The first-order chi connectivity index (χ1) is 12.2. The van der Waals surface area contributed by atoms with Crippen LogP contribution in [0.5, 0.6) is 0 Å². The molecule has 0 saturated heterocycles. The van der Waals surface area contributed by atoms with Crippen LogP contribution in [0.25, 0.3) is 11.1 Å². The Balaban J connectivity index is 2.27. The quantitative estimate of drug-likeness (QED) is 0.472. The van der Waals surface area contributed by atoms with Crippen LogP contribution in [-0.2, 0) is 6.54 Å². The highest BCUT2D eigenvalue weighted by atomic mass is 19.2. The summed E-state index contributed by atoms with van der Waals surface area (Å²) in [6.07, 6.45) is 0. The lowest BCUT2D eigenvalue weighted by atomic mass is 9.97. The van der Waals surface area contributed by atoms with Crippen LogP contribution in [0.1, 0.15) is 25.5 Å². The van der Waals surface area contributed by atoms with Crippen LogP contribution in [0.15, 0.2) is 16.9 Å². The van der Waals surface area contributed by atoms with Crippen molar-refractivity contribution in [2.75, 3.05) is 13.1 Å². The summed E-state index contributed by atoms with van der Waals surface area (Å²) in [5.41, 5.74) is -1.47. The van der Waals surface area contributed by atoms with E-state index >= 15 is 0 Å². The molecule has 0 aliphatic carbocycles. The highest BCUT2D eigenvalue weighted by molar-refractivity contribution is 5.65. The molecule has 1 aromatic heterocycles. The van der Waals surface area contributed by atoms with E-state index in [1.807, 2.05) is 13.8 Å². The van der Waals surface area contributed by atoms with Gasteiger partial charge in [-0.3, -0.25) is 4.79 Å². The Labute approximate surface area is 146 Å².